The molecule has 0 fully saturated rings. The molecule has 6 heteroatoms. The Morgan fingerprint density at radius 2 is 2.15 bits per heavy atom. The second-order valence-electron chi connectivity index (χ2n) is 2.66. The van der Waals surface area contributed by atoms with Crippen LogP contribution in [0.4, 0.5) is 11.8 Å². The van der Waals surface area contributed by atoms with Crippen LogP contribution in [-0.4, -0.2) is 20.1 Å². The number of H-pyrrole nitrogens is 1. The highest BCUT2D eigenvalue weighted by molar-refractivity contribution is 5.90. The molecule has 0 aliphatic carbocycles. The van der Waals surface area contributed by atoms with E-state index in [2.05, 4.69) is 15.0 Å². The van der Waals surface area contributed by atoms with Crippen LogP contribution in [0.3, 0.4) is 0 Å². The maximum absolute atomic E-state index is 8.96. The molecule has 13 heavy (non-hydrogen) atoms. The zero-order valence-electron chi connectivity index (χ0n) is 6.78. The van der Waals surface area contributed by atoms with Crippen LogP contribution in [0.25, 0.3) is 11.0 Å². The molecule has 2 heterocycles. The second kappa shape index (κ2) is 2.60. The Labute approximate surface area is 73.6 Å². The van der Waals surface area contributed by atoms with E-state index in [4.69, 9.17) is 16.6 Å². The Hall–Kier alpha value is -1.82. The minimum Gasteiger partial charge on any atom is -0.392 e. The Kier molecular flexibility index (Phi) is 1.56. The average molecular weight is 179 g/mol. The van der Waals surface area contributed by atoms with Gasteiger partial charge in [-0.15, -0.1) is 0 Å². The van der Waals surface area contributed by atoms with Crippen molar-refractivity contribution >= 4 is 22.8 Å². The third-order valence-electron chi connectivity index (χ3n) is 1.83. The molecule has 0 aliphatic rings. The number of aromatic amines is 1. The van der Waals surface area contributed by atoms with Gasteiger partial charge < -0.3 is 21.6 Å². The van der Waals surface area contributed by atoms with Crippen molar-refractivity contribution in [3.8, 4) is 0 Å². The fourth-order valence-corrected chi connectivity index (χ4v) is 1.27. The van der Waals surface area contributed by atoms with Gasteiger partial charge in [0.05, 0.1) is 12.0 Å². The highest BCUT2D eigenvalue weighted by Crippen LogP contribution is 2.22. The number of aliphatic hydroxyl groups excluding tert-OH is 1. The molecule has 0 saturated heterocycles. The Balaban J connectivity index is 2.82. The smallest absolute Gasteiger partial charge is 0.223 e. The van der Waals surface area contributed by atoms with Gasteiger partial charge in [-0.25, -0.2) is 0 Å². The summed E-state index contributed by atoms with van der Waals surface area (Å²) in [6, 6.07) is 0. The van der Waals surface area contributed by atoms with E-state index in [1.807, 2.05) is 0 Å². The number of fused-ring (bicyclic) bond motifs is 1. The van der Waals surface area contributed by atoms with E-state index >= 15 is 0 Å². The van der Waals surface area contributed by atoms with Crippen LogP contribution in [0, 0.1) is 0 Å². The Bertz CT molecular complexity index is 449. The topological polar surface area (TPSA) is 114 Å². The normalized spacial score (nSPS) is 10.8. The summed E-state index contributed by atoms with van der Waals surface area (Å²) in [4.78, 5) is 10.6. The zero-order valence-corrected chi connectivity index (χ0v) is 6.78. The van der Waals surface area contributed by atoms with Crippen molar-refractivity contribution in [2.75, 3.05) is 11.5 Å². The van der Waals surface area contributed by atoms with Crippen LogP contribution in [-0.2, 0) is 6.61 Å². The molecule has 0 aliphatic heterocycles. The van der Waals surface area contributed by atoms with Crippen LogP contribution >= 0.6 is 0 Å². The van der Waals surface area contributed by atoms with Gasteiger partial charge in [0.25, 0.3) is 0 Å². The van der Waals surface area contributed by atoms with E-state index in [1.54, 1.807) is 6.20 Å². The van der Waals surface area contributed by atoms with Gasteiger partial charge >= 0.3 is 0 Å². The third-order valence-corrected chi connectivity index (χ3v) is 1.83. The first-order valence-corrected chi connectivity index (χ1v) is 3.72. The second-order valence-corrected chi connectivity index (χ2v) is 2.66. The van der Waals surface area contributed by atoms with E-state index < -0.39 is 0 Å². The van der Waals surface area contributed by atoms with Gasteiger partial charge in [-0.05, 0) is 0 Å². The fraction of sp³-hybridized carbons (Fsp3) is 0.143. The molecule has 0 atom stereocenters. The lowest BCUT2D eigenvalue weighted by atomic mass is 10.2. The van der Waals surface area contributed by atoms with Gasteiger partial charge in [0.2, 0.25) is 5.95 Å². The van der Waals surface area contributed by atoms with Crippen molar-refractivity contribution in [3.63, 3.8) is 0 Å². The minimum absolute atomic E-state index is 0.0997. The fourth-order valence-electron chi connectivity index (χ4n) is 1.27. The first kappa shape index (κ1) is 7.81. The highest BCUT2D eigenvalue weighted by atomic mass is 16.3. The zero-order chi connectivity index (χ0) is 9.42. The first-order chi connectivity index (χ1) is 6.22. The maximum atomic E-state index is 8.96. The molecule has 0 bridgehead atoms. The first-order valence-electron chi connectivity index (χ1n) is 3.72. The molecular weight excluding hydrogens is 170 g/mol. The number of hydrogen-bond donors (Lipinski definition) is 4. The van der Waals surface area contributed by atoms with E-state index in [0.29, 0.717) is 16.6 Å². The maximum Gasteiger partial charge on any atom is 0.223 e. The number of aliphatic hydroxyl groups is 1. The number of nitrogens with zero attached hydrogens (tertiary/aromatic N) is 2. The number of nitrogens with one attached hydrogen (secondary N) is 1. The molecule has 0 saturated carbocycles. The Morgan fingerprint density at radius 1 is 1.38 bits per heavy atom. The highest BCUT2D eigenvalue weighted by Gasteiger charge is 2.09. The quantitative estimate of drug-likeness (QED) is 0.476. The van der Waals surface area contributed by atoms with Crippen molar-refractivity contribution in [1.29, 1.82) is 0 Å². The van der Waals surface area contributed by atoms with Gasteiger partial charge in [-0.3, -0.25) is 0 Å². The number of hydrogen-bond acceptors (Lipinski definition) is 5. The van der Waals surface area contributed by atoms with Gasteiger partial charge in [-0.2, -0.15) is 9.97 Å². The summed E-state index contributed by atoms with van der Waals surface area (Å²) in [6.45, 7) is -0.0997. The van der Waals surface area contributed by atoms with Crippen molar-refractivity contribution in [2.45, 2.75) is 6.61 Å². The standard InChI is InChI=1S/C7H9N5O/c8-5-4-3(2-13)1-10-6(4)12-7(9)11-5/h1,13H,2H2,(H5,8,9,10,11,12). The molecule has 0 unspecified atom stereocenters. The molecular formula is C7H9N5O. The molecule has 0 amide bonds. The number of aromatic nitrogens is 3. The number of nitrogens with two attached hydrogens (primary N) is 2. The number of anilines is 2. The summed E-state index contributed by atoms with van der Waals surface area (Å²) < 4.78 is 0. The van der Waals surface area contributed by atoms with E-state index in [1.165, 1.54) is 0 Å². The van der Waals surface area contributed by atoms with Crippen molar-refractivity contribution < 1.29 is 5.11 Å². The molecule has 2 rings (SSSR count). The minimum atomic E-state index is -0.0997. The lowest BCUT2D eigenvalue weighted by Crippen LogP contribution is -2.00. The van der Waals surface area contributed by atoms with Gasteiger partial charge in [0, 0.05) is 11.8 Å². The lowest BCUT2D eigenvalue weighted by molar-refractivity contribution is 0.283. The van der Waals surface area contributed by atoms with Crippen LogP contribution in [0.5, 0.6) is 0 Å². The van der Waals surface area contributed by atoms with Crippen molar-refractivity contribution in [1.82, 2.24) is 15.0 Å². The van der Waals surface area contributed by atoms with Gasteiger partial charge in [0.15, 0.2) is 0 Å². The molecule has 2 aromatic rings. The molecule has 2 aromatic heterocycles. The summed E-state index contributed by atoms with van der Waals surface area (Å²) in [6.07, 6.45) is 1.63. The largest absolute Gasteiger partial charge is 0.392 e. The third kappa shape index (κ3) is 1.07. The summed E-state index contributed by atoms with van der Waals surface area (Å²) in [7, 11) is 0. The SMILES string of the molecule is Nc1nc(N)c2c(CO)c[nH]c2n1. The average Bonchev–Trinajstić information content (AvgIpc) is 2.47. The van der Waals surface area contributed by atoms with E-state index in [0.717, 1.165) is 0 Å². The van der Waals surface area contributed by atoms with Crippen molar-refractivity contribution in [3.05, 3.63) is 11.8 Å². The monoisotopic (exact) mass is 179 g/mol. The predicted molar refractivity (Wildman–Crippen MR) is 48.6 cm³/mol. The Morgan fingerprint density at radius 3 is 2.85 bits per heavy atom. The van der Waals surface area contributed by atoms with Gasteiger partial charge in [0.1, 0.15) is 11.5 Å². The summed E-state index contributed by atoms with van der Waals surface area (Å²) >= 11 is 0. The van der Waals surface area contributed by atoms with Crippen LogP contribution < -0.4 is 11.5 Å². The lowest BCUT2D eigenvalue weighted by Gasteiger charge is -1.98. The molecule has 0 aromatic carbocycles. The van der Waals surface area contributed by atoms with Crippen molar-refractivity contribution in [2.24, 2.45) is 0 Å². The van der Waals surface area contributed by atoms with Crippen LogP contribution in [0.2, 0.25) is 0 Å². The van der Waals surface area contributed by atoms with Gasteiger partial charge in [-0.1, -0.05) is 0 Å². The van der Waals surface area contributed by atoms with Crippen LogP contribution in [0.15, 0.2) is 6.20 Å². The molecule has 0 radical (unpaired) electrons. The number of rotatable bonds is 1. The van der Waals surface area contributed by atoms with E-state index in [-0.39, 0.29) is 18.4 Å². The number of nitrogen functional groups attached to an aromatic ring is 2. The van der Waals surface area contributed by atoms with Crippen LogP contribution in [0.1, 0.15) is 5.56 Å². The summed E-state index contributed by atoms with van der Waals surface area (Å²) in [5.41, 5.74) is 12.2. The molecule has 6 nitrogen and oxygen atoms in total. The predicted octanol–water partition coefficient (Wildman–Crippen LogP) is -0.385. The summed E-state index contributed by atoms with van der Waals surface area (Å²) in [5, 5.41) is 9.59. The van der Waals surface area contributed by atoms with E-state index in [9.17, 15) is 0 Å². The molecule has 68 valence electrons. The summed E-state index contributed by atoms with van der Waals surface area (Å²) in [5.74, 6) is 0.407. The molecule has 6 N–H and O–H groups in total. The molecule has 0 spiro atoms.